The van der Waals surface area contributed by atoms with Gasteiger partial charge in [-0.15, -0.1) is 0 Å². The number of hydrogen-bond acceptors (Lipinski definition) is 3. The first-order valence-electron chi connectivity index (χ1n) is 6.15. The van der Waals surface area contributed by atoms with Crippen molar-refractivity contribution in [2.24, 2.45) is 11.8 Å². The fourth-order valence-corrected chi connectivity index (χ4v) is 2.91. The van der Waals surface area contributed by atoms with Crippen LogP contribution in [0.2, 0.25) is 0 Å². The molecule has 2 N–H and O–H groups in total. The number of hydrogen-bond donors (Lipinski definition) is 2. The minimum atomic E-state index is -0.0180. The first-order chi connectivity index (χ1) is 7.22. The molecule has 2 atom stereocenters. The molecule has 15 heavy (non-hydrogen) atoms. The molecule has 2 saturated heterocycles. The average Bonchev–Trinajstić information content (AvgIpc) is 2.63. The standard InChI is InChI=1S/C12H23NO2/c1-12(9-14)7-11(8-13-12)6-10-2-4-15-5-3-10/h10-11,13-14H,2-9H2,1H3. The normalized spacial score (nSPS) is 38.4. The Morgan fingerprint density at radius 3 is 2.67 bits per heavy atom. The van der Waals surface area contributed by atoms with Gasteiger partial charge in [0.1, 0.15) is 0 Å². The minimum absolute atomic E-state index is 0.0180. The second-order valence-corrected chi connectivity index (χ2v) is 5.46. The van der Waals surface area contributed by atoms with E-state index in [0.717, 1.165) is 38.0 Å². The lowest BCUT2D eigenvalue weighted by Crippen LogP contribution is -2.39. The van der Waals surface area contributed by atoms with Gasteiger partial charge < -0.3 is 15.2 Å². The zero-order valence-corrected chi connectivity index (χ0v) is 9.67. The number of rotatable bonds is 3. The average molecular weight is 213 g/mol. The van der Waals surface area contributed by atoms with Crippen LogP contribution in [0.5, 0.6) is 0 Å². The van der Waals surface area contributed by atoms with Gasteiger partial charge in [-0.05, 0) is 51.0 Å². The van der Waals surface area contributed by atoms with Crippen LogP contribution in [0.3, 0.4) is 0 Å². The van der Waals surface area contributed by atoms with Crippen molar-refractivity contribution in [2.45, 2.75) is 38.1 Å². The molecule has 0 aromatic heterocycles. The van der Waals surface area contributed by atoms with Crippen LogP contribution < -0.4 is 5.32 Å². The van der Waals surface area contributed by atoms with Crippen LogP contribution in [0.15, 0.2) is 0 Å². The lowest BCUT2D eigenvalue weighted by Gasteiger charge is -2.25. The highest BCUT2D eigenvalue weighted by Gasteiger charge is 2.34. The first-order valence-corrected chi connectivity index (χ1v) is 6.15. The molecule has 0 aromatic carbocycles. The Bertz CT molecular complexity index is 204. The van der Waals surface area contributed by atoms with Gasteiger partial charge >= 0.3 is 0 Å². The van der Waals surface area contributed by atoms with Crippen molar-refractivity contribution in [3.05, 3.63) is 0 Å². The summed E-state index contributed by atoms with van der Waals surface area (Å²) in [5.74, 6) is 1.61. The van der Waals surface area contributed by atoms with Crippen molar-refractivity contribution in [2.75, 3.05) is 26.4 Å². The first kappa shape index (κ1) is 11.4. The Kier molecular flexibility index (Phi) is 3.65. The summed E-state index contributed by atoms with van der Waals surface area (Å²) >= 11 is 0. The van der Waals surface area contributed by atoms with E-state index in [0.29, 0.717) is 0 Å². The molecule has 0 amide bonds. The van der Waals surface area contributed by atoms with Crippen molar-refractivity contribution < 1.29 is 9.84 Å². The molecule has 2 aliphatic heterocycles. The Balaban J connectivity index is 1.76. The van der Waals surface area contributed by atoms with Gasteiger partial charge in [-0.1, -0.05) is 0 Å². The Hall–Kier alpha value is -0.120. The van der Waals surface area contributed by atoms with E-state index >= 15 is 0 Å². The largest absolute Gasteiger partial charge is 0.394 e. The van der Waals surface area contributed by atoms with Gasteiger partial charge in [-0.3, -0.25) is 0 Å². The maximum absolute atomic E-state index is 9.27. The molecule has 2 unspecified atom stereocenters. The molecule has 2 fully saturated rings. The van der Waals surface area contributed by atoms with E-state index in [4.69, 9.17) is 4.74 Å². The molecule has 0 aliphatic carbocycles. The van der Waals surface area contributed by atoms with Crippen LogP contribution >= 0.6 is 0 Å². The van der Waals surface area contributed by atoms with E-state index in [-0.39, 0.29) is 12.1 Å². The fourth-order valence-electron chi connectivity index (χ4n) is 2.91. The van der Waals surface area contributed by atoms with Gasteiger partial charge in [0.25, 0.3) is 0 Å². The summed E-state index contributed by atoms with van der Waals surface area (Å²) in [4.78, 5) is 0. The van der Waals surface area contributed by atoms with Gasteiger partial charge in [0, 0.05) is 18.8 Å². The van der Waals surface area contributed by atoms with Crippen LogP contribution in [0.25, 0.3) is 0 Å². The maximum atomic E-state index is 9.27. The van der Waals surface area contributed by atoms with Crippen molar-refractivity contribution in [1.82, 2.24) is 5.32 Å². The molecule has 0 spiro atoms. The topological polar surface area (TPSA) is 41.5 Å². The molecular formula is C12H23NO2. The summed E-state index contributed by atoms with van der Waals surface area (Å²) in [6, 6.07) is 0. The van der Waals surface area contributed by atoms with Gasteiger partial charge in [0.05, 0.1) is 6.61 Å². The summed E-state index contributed by atoms with van der Waals surface area (Å²) < 4.78 is 5.37. The summed E-state index contributed by atoms with van der Waals surface area (Å²) in [7, 11) is 0. The van der Waals surface area contributed by atoms with Gasteiger partial charge in [0.2, 0.25) is 0 Å². The number of nitrogens with one attached hydrogen (secondary N) is 1. The zero-order chi connectivity index (χ0) is 10.7. The van der Waals surface area contributed by atoms with E-state index in [2.05, 4.69) is 12.2 Å². The molecule has 88 valence electrons. The van der Waals surface area contributed by atoms with Gasteiger partial charge in [0.15, 0.2) is 0 Å². The third-order valence-corrected chi connectivity index (χ3v) is 3.91. The van der Waals surface area contributed by atoms with Crippen molar-refractivity contribution in [3.8, 4) is 0 Å². The van der Waals surface area contributed by atoms with Crippen LogP contribution in [0, 0.1) is 11.8 Å². The molecular weight excluding hydrogens is 190 g/mol. The quantitative estimate of drug-likeness (QED) is 0.739. The van der Waals surface area contributed by atoms with Crippen molar-refractivity contribution in [3.63, 3.8) is 0 Å². The van der Waals surface area contributed by atoms with E-state index in [9.17, 15) is 5.11 Å². The highest BCUT2D eigenvalue weighted by molar-refractivity contribution is 4.93. The number of aliphatic hydroxyl groups is 1. The molecule has 2 heterocycles. The van der Waals surface area contributed by atoms with Crippen LogP contribution in [0.4, 0.5) is 0 Å². The summed E-state index contributed by atoms with van der Waals surface area (Å²) in [5, 5.41) is 12.7. The number of aliphatic hydroxyl groups excluding tert-OH is 1. The van der Waals surface area contributed by atoms with Gasteiger partial charge in [-0.25, -0.2) is 0 Å². The molecule has 2 aliphatic rings. The summed E-state index contributed by atoms with van der Waals surface area (Å²) in [6.45, 7) is 5.35. The molecule has 3 heteroatoms. The Morgan fingerprint density at radius 2 is 2.07 bits per heavy atom. The van der Waals surface area contributed by atoms with E-state index in [1.54, 1.807) is 0 Å². The van der Waals surface area contributed by atoms with E-state index in [1.807, 2.05) is 0 Å². The van der Waals surface area contributed by atoms with Crippen LogP contribution in [-0.2, 0) is 4.74 Å². The highest BCUT2D eigenvalue weighted by Crippen LogP contribution is 2.31. The smallest absolute Gasteiger partial charge is 0.0610 e. The predicted molar refractivity (Wildman–Crippen MR) is 59.8 cm³/mol. The summed E-state index contributed by atoms with van der Waals surface area (Å²) in [6.07, 6.45) is 4.89. The third-order valence-electron chi connectivity index (χ3n) is 3.91. The fraction of sp³-hybridized carbons (Fsp3) is 1.00. The molecule has 2 rings (SSSR count). The van der Waals surface area contributed by atoms with Crippen molar-refractivity contribution >= 4 is 0 Å². The minimum Gasteiger partial charge on any atom is -0.394 e. The number of ether oxygens (including phenoxy) is 1. The second kappa shape index (κ2) is 4.81. The summed E-state index contributed by atoms with van der Waals surface area (Å²) in [5.41, 5.74) is -0.0180. The second-order valence-electron chi connectivity index (χ2n) is 5.46. The monoisotopic (exact) mass is 213 g/mol. The molecule has 0 radical (unpaired) electrons. The van der Waals surface area contributed by atoms with Crippen LogP contribution in [-0.4, -0.2) is 37.0 Å². The van der Waals surface area contributed by atoms with Crippen molar-refractivity contribution in [1.29, 1.82) is 0 Å². The third kappa shape index (κ3) is 2.92. The zero-order valence-electron chi connectivity index (χ0n) is 9.67. The molecule has 0 saturated carbocycles. The lowest BCUT2D eigenvalue weighted by atomic mass is 9.85. The van der Waals surface area contributed by atoms with E-state index in [1.165, 1.54) is 19.3 Å². The highest BCUT2D eigenvalue weighted by atomic mass is 16.5. The van der Waals surface area contributed by atoms with E-state index < -0.39 is 0 Å². The van der Waals surface area contributed by atoms with Crippen LogP contribution in [0.1, 0.15) is 32.6 Å². The SMILES string of the molecule is CC1(CO)CC(CC2CCOCC2)CN1. The lowest BCUT2D eigenvalue weighted by molar-refractivity contribution is 0.0588. The Morgan fingerprint density at radius 1 is 1.33 bits per heavy atom. The predicted octanol–water partition coefficient (Wildman–Crippen LogP) is 1.16. The Labute approximate surface area is 92.2 Å². The molecule has 0 aromatic rings. The van der Waals surface area contributed by atoms with Gasteiger partial charge in [-0.2, -0.15) is 0 Å². The molecule has 0 bridgehead atoms. The maximum Gasteiger partial charge on any atom is 0.0610 e. The molecule has 3 nitrogen and oxygen atoms in total.